The van der Waals surface area contributed by atoms with Crippen LogP contribution in [0.3, 0.4) is 0 Å². The summed E-state index contributed by atoms with van der Waals surface area (Å²) >= 11 is 1.36. The van der Waals surface area contributed by atoms with Gasteiger partial charge in [0.05, 0.1) is 30.9 Å². The van der Waals surface area contributed by atoms with E-state index in [0.29, 0.717) is 24.2 Å². The van der Waals surface area contributed by atoms with Gasteiger partial charge in [-0.25, -0.2) is 4.68 Å². The van der Waals surface area contributed by atoms with Gasteiger partial charge >= 0.3 is 0 Å². The molecule has 0 aliphatic carbocycles. The molecule has 10 heteroatoms. The summed E-state index contributed by atoms with van der Waals surface area (Å²) < 4.78 is 9.28. The number of carbonyl (C=O) groups excluding carboxylic acids is 1. The molecule has 0 unspecified atom stereocenters. The molecule has 31 heavy (non-hydrogen) atoms. The lowest BCUT2D eigenvalue weighted by molar-refractivity contribution is -0.113. The standard InChI is InChI=1S/C21H27N7O2S/c1-15(2)28-18(8-9-22-28)23-19(29)14-31-21-25-24-20(26-10-12-30-13-11-26)27(21)17-6-4-16(3)5-7-17/h4-9,15H,10-14H2,1-3H3,(H,23,29). The molecule has 1 fully saturated rings. The van der Waals surface area contributed by atoms with Crippen LogP contribution in [0.25, 0.3) is 5.69 Å². The van der Waals surface area contributed by atoms with Gasteiger partial charge in [-0.15, -0.1) is 10.2 Å². The summed E-state index contributed by atoms with van der Waals surface area (Å²) in [7, 11) is 0. The molecule has 0 radical (unpaired) electrons. The minimum absolute atomic E-state index is 0.112. The number of hydrogen-bond acceptors (Lipinski definition) is 7. The molecule has 0 saturated carbocycles. The number of aromatic nitrogens is 5. The Labute approximate surface area is 185 Å². The van der Waals surface area contributed by atoms with E-state index >= 15 is 0 Å². The number of thioether (sulfide) groups is 1. The Balaban J connectivity index is 1.53. The van der Waals surface area contributed by atoms with Gasteiger partial charge < -0.3 is 15.0 Å². The van der Waals surface area contributed by atoms with Crippen molar-refractivity contribution in [2.75, 3.05) is 42.3 Å². The Hall–Kier alpha value is -2.85. The lowest BCUT2D eigenvalue weighted by Crippen LogP contribution is -2.37. The fourth-order valence-electron chi connectivity index (χ4n) is 3.38. The summed E-state index contributed by atoms with van der Waals surface area (Å²) in [6, 6.07) is 10.2. The number of benzene rings is 1. The van der Waals surface area contributed by atoms with Crippen molar-refractivity contribution in [1.29, 1.82) is 0 Å². The van der Waals surface area contributed by atoms with Gasteiger partial charge in [0.25, 0.3) is 0 Å². The maximum Gasteiger partial charge on any atom is 0.235 e. The lowest BCUT2D eigenvalue weighted by atomic mass is 10.2. The van der Waals surface area contributed by atoms with Crippen LogP contribution in [0.5, 0.6) is 0 Å². The molecule has 1 amide bonds. The maximum atomic E-state index is 12.6. The van der Waals surface area contributed by atoms with Crippen molar-refractivity contribution in [1.82, 2.24) is 24.5 Å². The minimum Gasteiger partial charge on any atom is -0.378 e. The van der Waals surface area contributed by atoms with Crippen molar-refractivity contribution in [2.45, 2.75) is 32.0 Å². The van der Waals surface area contributed by atoms with Gasteiger partial charge in [-0.05, 0) is 32.9 Å². The number of hydrogen-bond donors (Lipinski definition) is 1. The van der Waals surface area contributed by atoms with Crippen LogP contribution in [0.2, 0.25) is 0 Å². The average molecular weight is 442 g/mol. The predicted molar refractivity (Wildman–Crippen MR) is 121 cm³/mol. The molecule has 1 aromatic carbocycles. The van der Waals surface area contributed by atoms with Gasteiger partial charge in [0.1, 0.15) is 5.82 Å². The number of amides is 1. The molecule has 0 atom stereocenters. The molecule has 0 bridgehead atoms. The van der Waals surface area contributed by atoms with E-state index < -0.39 is 0 Å². The molecule has 4 rings (SSSR count). The van der Waals surface area contributed by atoms with Crippen molar-refractivity contribution in [3.8, 4) is 5.69 Å². The maximum absolute atomic E-state index is 12.6. The van der Waals surface area contributed by atoms with Crippen LogP contribution >= 0.6 is 11.8 Å². The fourth-order valence-corrected chi connectivity index (χ4v) is 4.12. The van der Waals surface area contributed by atoms with Crippen molar-refractivity contribution in [3.05, 3.63) is 42.1 Å². The molecule has 164 valence electrons. The summed E-state index contributed by atoms with van der Waals surface area (Å²) in [5.41, 5.74) is 2.15. The average Bonchev–Trinajstić information content (AvgIpc) is 3.40. The zero-order valence-electron chi connectivity index (χ0n) is 18.0. The quantitative estimate of drug-likeness (QED) is 0.564. The van der Waals surface area contributed by atoms with Crippen LogP contribution in [0, 0.1) is 6.92 Å². The summed E-state index contributed by atoms with van der Waals surface area (Å²) in [5, 5.41) is 16.7. The van der Waals surface area contributed by atoms with E-state index in [4.69, 9.17) is 4.74 Å². The number of carbonyl (C=O) groups is 1. The van der Waals surface area contributed by atoms with E-state index in [1.54, 1.807) is 16.9 Å². The van der Waals surface area contributed by atoms with Gasteiger partial charge in [0, 0.05) is 25.2 Å². The third-order valence-electron chi connectivity index (χ3n) is 4.96. The summed E-state index contributed by atoms with van der Waals surface area (Å²) in [5.74, 6) is 1.57. The molecule has 0 spiro atoms. The SMILES string of the molecule is Cc1ccc(-n2c(SCC(=O)Nc3ccnn3C(C)C)nnc2N2CCOCC2)cc1. The number of rotatable bonds is 7. The van der Waals surface area contributed by atoms with Crippen molar-refractivity contribution in [2.24, 2.45) is 0 Å². The van der Waals surface area contributed by atoms with Gasteiger partial charge in [-0.3, -0.25) is 9.36 Å². The molecule has 3 aromatic rings. The highest BCUT2D eigenvalue weighted by molar-refractivity contribution is 7.99. The molecule has 1 aliphatic heterocycles. The van der Waals surface area contributed by atoms with Gasteiger partial charge in [-0.1, -0.05) is 29.5 Å². The number of nitrogens with zero attached hydrogens (tertiary/aromatic N) is 6. The minimum atomic E-state index is -0.112. The smallest absolute Gasteiger partial charge is 0.235 e. The Bertz CT molecular complexity index is 1020. The molecule has 9 nitrogen and oxygen atoms in total. The zero-order valence-corrected chi connectivity index (χ0v) is 18.8. The number of ether oxygens (including phenoxy) is 1. The zero-order chi connectivity index (χ0) is 21.8. The first-order chi connectivity index (χ1) is 15.0. The van der Waals surface area contributed by atoms with Crippen LogP contribution in [0.15, 0.2) is 41.7 Å². The van der Waals surface area contributed by atoms with Crippen LogP contribution < -0.4 is 10.2 Å². The van der Waals surface area contributed by atoms with Crippen LogP contribution in [-0.4, -0.2) is 62.5 Å². The number of nitrogens with one attached hydrogen (secondary N) is 1. The number of morpholine rings is 1. The first-order valence-electron chi connectivity index (χ1n) is 10.3. The van der Waals surface area contributed by atoms with E-state index in [1.807, 2.05) is 30.5 Å². The molecular formula is C21H27N7O2S. The Morgan fingerprint density at radius 2 is 1.90 bits per heavy atom. The Kier molecular flexibility index (Phi) is 6.57. The Morgan fingerprint density at radius 1 is 1.16 bits per heavy atom. The van der Waals surface area contributed by atoms with Gasteiger partial charge in [0.2, 0.25) is 11.9 Å². The first kappa shape index (κ1) is 21.4. The largest absolute Gasteiger partial charge is 0.378 e. The highest BCUT2D eigenvalue weighted by atomic mass is 32.2. The van der Waals surface area contributed by atoms with E-state index in [9.17, 15) is 4.79 Å². The summed E-state index contributed by atoms with van der Waals surface area (Å²) in [6.07, 6.45) is 1.69. The molecule has 1 aliphatic rings. The van der Waals surface area contributed by atoms with E-state index in [-0.39, 0.29) is 17.7 Å². The topological polar surface area (TPSA) is 90.1 Å². The van der Waals surface area contributed by atoms with Crippen LogP contribution in [0.1, 0.15) is 25.5 Å². The molecule has 3 heterocycles. The fraction of sp³-hybridized carbons (Fsp3) is 0.429. The molecule has 1 saturated heterocycles. The normalized spacial score (nSPS) is 14.3. The molecule has 1 N–H and O–H groups in total. The predicted octanol–water partition coefficient (Wildman–Crippen LogP) is 2.92. The third-order valence-corrected chi connectivity index (χ3v) is 5.89. The lowest BCUT2D eigenvalue weighted by Gasteiger charge is -2.28. The highest BCUT2D eigenvalue weighted by Crippen LogP contribution is 2.27. The van der Waals surface area contributed by atoms with E-state index in [0.717, 1.165) is 24.7 Å². The summed E-state index contributed by atoms with van der Waals surface area (Å²) in [4.78, 5) is 14.8. The monoisotopic (exact) mass is 441 g/mol. The second kappa shape index (κ2) is 9.52. The summed E-state index contributed by atoms with van der Waals surface area (Å²) in [6.45, 7) is 8.94. The second-order valence-electron chi connectivity index (χ2n) is 7.64. The van der Waals surface area contributed by atoms with E-state index in [2.05, 4.69) is 44.6 Å². The Morgan fingerprint density at radius 3 is 2.61 bits per heavy atom. The second-order valence-corrected chi connectivity index (χ2v) is 8.59. The molecule has 2 aromatic heterocycles. The van der Waals surface area contributed by atoms with Crippen molar-refractivity contribution in [3.63, 3.8) is 0 Å². The van der Waals surface area contributed by atoms with E-state index in [1.165, 1.54) is 17.3 Å². The van der Waals surface area contributed by atoms with Gasteiger partial charge in [-0.2, -0.15) is 5.10 Å². The van der Waals surface area contributed by atoms with Crippen molar-refractivity contribution >= 4 is 29.4 Å². The number of aryl methyl sites for hydroxylation is 1. The number of anilines is 2. The van der Waals surface area contributed by atoms with Crippen LogP contribution in [-0.2, 0) is 9.53 Å². The molecular weight excluding hydrogens is 414 g/mol. The van der Waals surface area contributed by atoms with Crippen LogP contribution in [0.4, 0.5) is 11.8 Å². The van der Waals surface area contributed by atoms with Gasteiger partial charge in [0.15, 0.2) is 5.16 Å². The van der Waals surface area contributed by atoms with Crippen molar-refractivity contribution < 1.29 is 9.53 Å². The third kappa shape index (κ3) is 4.91. The highest BCUT2D eigenvalue weighted by Gasteiger charge is 2.22. The first-order valence-corrected chi connectivity index (χ1v) is 11.3.